The number of halogens is 1. The summed E-state index contributed by atoms with van der Waals surface area (Å²) in [6.07, 6.45) is 0. The molecule has 2 aromatic carbocycles. The average Bonchev–Trinajstić information content (AvgIpc) is 2.63. The Morgan fingerprint density at radius 3 is 2.19 bits per heavy atom. The third kappa shape index (κ3) is 4.70. The van der Waals surface area contributed by atoms with E-state index >= 15 is 0 Å². The zero-order valence-electron chi connectivity index (χ0n) is 14.5. The van der Waals surface area contributed by atoms with Gasteiger partial charge in [0.05, 0.1) is 12.0 Å². The van der Waals surface area contributed by atoms with E-state index in [0.717, 1.165) is 12.8 Å². The molecule has 1 aromatic heterocycles. The highest BCUT2D eigenvalue weighted by molar-refractivity contribution is 7.86. The Balaban J connectivity index is 1.89. The van der Waals surface area contributed by atoms with Crippen LogP contribution in [-0.4, -0.2) is 30.5 Å². The van der Waals surface area contributed by atoms with Crippen LogP contribution in [0.2, 0.25) is 5.28 Å². The Morgan fingerprint density at radius 2 is 1.56 bits per heavy atom. The molecule has 0 aliphatic carbocycles. The van der Waals surface area contributed by atoms with Crippen molar-refractivity contribution in [3.63, 3.8) is 0 Å². The first-order valence-electron chi connectivity index (χ1n) is 7.79. The van der Waals surface area contributed by atoms with E-state index in [4.69, 9.17) is 11.6 Å². The summed E-state index contributed by atoms with van der Waals surface area (Å²) in [5, 5.41) is 5.94. The molecular formula is C17H16ClN5O3S. The Bertz CT molecular complexity index is 1060. The minimum Gasteiger partial charge on any atom is -0.324 e. The normalized spacial score (nSPS) is 11.2. The minimum atomic E-state index is -3.83. The monoisotopic (exact) mass is 405 g/mol. The molecule has 0 spiro atoms. The van der Waals surface area contributed by atoms with Gasteiger partial charge in [-0.25, -0.2) is 0 Å². The molecule has 0 amide bonds. The Morgan fingerprint density at radius 1 is 0.926 bits per heavy atom. The summed E-state index contributed by atoms with van der Waals surface area (Å²) in [4.78, 5) is 12.4. The van der Waals surface area contributed by atoms with Gasteiger partial charge in [-0.05, 0) is 48.4 Å². The van der Waals surface area contributed by atoms with Crippen molar-refractivity contribution in [2.24, 2.45) is 0 Å². The molecule has 3 aromatic rings. The summed E-state index contributed by atoms with van der Waals surface area (Å²) in [7, 11) is -2.72. The molecular weight excluding hydrogens is 390 g/mol. The molecule has 0 unspecified atom stereocenters. The molecule has 0 aliphatic heterocycles. The van der Waals surface area contributed by atoms with Gasteiger partial charge in [-0.1, -0.05) is 24.3 Å². The smallest absolute Gasteiger partial charge is 0.297 e. The van der Waals surface area contributed by atoms with Gasteiger partial charge in [0.25, 0.3) is 10.1 Å². The van der Waals surface area contributed by atoms with Gasteiger partial charge >= 0.3 is 0 Å². The maximum atomic E-state index is 12.0. The van der Waals surface area contributed by atoms with E-state index in [1.165, 1.54) is 6.07 Å². The van der Waals surface area contributed by atoms with E-state index in [1.807, 2.05) is 30.3 Å². The van der Waals surface area contributed by atoms with Crippen LogP contribution in [0.4, 0.5) is 23.3 Å². The average molecular weight is 406 g/mol. The highest BCUT2D eigenvalue weighted by Crippen LogP contribution is 2.24. The highest BCUT2D eigenvalue weighted by Gasteiger charge is 2.17. The van der Waals surface area contributed by atoms with Crippen molar-refractivity contribution in [2.45, 2.75) is 11.8 Å². The first-order chi connectivity index (χ1) is 12.9. The lowest BCUT2D eigenvalue weighted by Crippen LogP contribution is -2.07. The zero-order chi connectivity index (χ0) is 19.4. The van der Waals surface area contributed by atoms with Crippen LogP contribution < -0.4 is 10.6 Å². The van der Waals surface area contributed by atoms with Crippen LogP contribution in [0.5, 0.6) is 0 Å². The lowest BCUT2D eigenvalue weighted by molar-refractivity contribution is 0.397. The van der Waals surface area contributed by atoms with Crippen LogP contribution in [0.15, 0.2) is 53.4 Å². The van der Waals surface area contributed by atoms with Crippen LogP contribution >= 0.6 is 11.6 Å². The molecule has 0 bridgehead atoms. The van der Waals surface area contributed by atoms with Gasteiger partial charge < -0.3 is 10.6 Å². The second-order valence-electron chi connectivity index (χ2n) is 5.47. The Hall–Kier alpha value is -2.75. The summed E-state index contributed by atoms with van der Waals surface area (Å²) < 4.78 is 28.6. The quantitative estimate of drug-likeness (QED) is 0.598. The van der Waals surface area contributed by atoms with Gasteiger partial charge in [-0.2, -0.15) is 23.4 Å². The molecule has 0 atom stereocenters. The summed E-state index contributed by atoms with van der Waals surface area (Å²) >= 11 is 5.98. The topological polar surface area (TPSA) is 106 Å². The van der Waals surface area contributed by atoms with Crippen molar-refractivity contribution in [1.29, 1.82) is 0 Å². The van der Waals surface area contributed by atoms with Crippen molar-refractivity contribution in [2.75, 3.05) is 17.7 Å². The number of hydrogen-bond acceptors (Lipinski definition) is 8. The molecule has 0 saturated heterocycles. The maximum absolute atomic E-state index is 12.0. The lowest BCUT2D eigenvalue weighted by atomic mass is 10.2. The number of para-hydroxylation sites is 1. The molecule has 0 aliphatic rings. The van der Waals surface area contributed by atoms with Crippen molar-refractivity contribution in [1.82, 2.24) is 15.0 Å². The molecule has 27 heavy (non-hydrogen) atoms. The van der Waals surface area contributed by atoms with E-state index in [0.29, 0.717) is 11.3 Å². The van der Waals surface area contributed by atoms with Gasteiger partial charge in [0.15, 0.2) is 0 Å². The van der Waals surface area contributed by atoms with Crippen molar-refractivity contribution in [3.05, 3.63) is 59.4 Å². The number of nitrogens with zero attached hydrogens (tertiary/aromatic N) is 3. The predicted molar refractivity (Wildman–Crippen MR) is 103 cm³/mol. The second-order valence-corrected chi connectivity index (χ2v) is 7.49. The van der Waals surface area contributed by atoms with Crippen LogP contribution in [0.1, 0.15) is 5.56 Å². The molecule has 0 saturated carbocycles. The van der Waals surface area contributed by atoms with Crippen molar-refractivity contribution in [3.8, 4) is 0 Å². The summed E-state index contributed by atoms with van der Waals surface area (Å²) in [5.41, 5.74) is 1.81. The number of nitrogens with one attached hydrogen (secondary N) is 2. The number of benzene rings is 2. The molecule has 10 heteroatoms. The molecule has 140 valence electrons. The minimum absolute atomic E-state index is 0.0113. The van der Waals surface area contributed by atoms with Gasteiger partial charge in [-0.3, -0.25) is 4.18 Å². The van der Waals surface area contributed by atoms with E-state index in [-0.39, 0.29) is 22.1 Å². The van der Waals surface area contributed by atoms with Crippen molar-refractivity contribution >= 4 is 45.0 Å². The molecule has 0 radical (unpaired) electrons. The number of anilines is 4. The van der Waals surface area contributed by atoms with Gasteiger partial charge in [0.2, 0.25) is 17.2 Å². The fourth-order valence-corrected chi connectivity index (χ4v) is 3.35. The van der Waals surface area contributed by atoms with Crippen LogP contribution in [0.3, 0.4) is 0 Å². The highest BCUT2D eigenvalue weighted by atomic mass is 35.5. The largest absolute Gasteiger partial charge is 0.324 e. The molecule has 2 N–H and O–H groups in total. The number of rotatable bonds is 6. The van der Waals surface area contributed by atoms with E-state index in [2.05, 4.69) is 29.8 Å². The number of hydrogen-bond donors (Lipinski definition) is 2. The summed E-state index contributed by atoms with van der Waals surface area (Å²) in [5.74, 6) is 0.415. The molecule has 0 fully saturated rings. The fourth-order valence-electron chi connectivity index (χ4n) is 2.28. The summed E-state index contributed by atoms with van der Waals surface area (Å²) in [6, 6.07) is 14.1. The number of aromatic nitrogens is 3. The molecule has 3 rings (SSSR count). The Kier molecular flexibility index (Phi) is 5.54. The van der Waals surface area contributed by atoms with Crippen LogP contribution in [-0.2, 0) is 14.3 Å². The van der Waals surface area contributed by atoms with E-state index in [9.17, 15) is 8.42 Å². The first-order valence-corrected chi connectivity index (χ1v) is 9.58. The maximum Gasteiger partial charge on any atom is 0.297 e. The van der Waals surface area contributed by atoms with E-state index in [1.54, 1.807) is 19.1 Å². The summed E-state index contributed by atoms with van der Waals surface area (Å²) in [6.45, 7) is 1.68. The zero-order valence-corrected chi connectivity index (χ0v) is 16.0. The molecule has 1 heterocycles. The van der Waals surface area contributed by atoms with Crippen molar-refractivity contribution < 1.29 is 12.6 Å². The van der Waals surface area contributed by atoms with Crippen LogP contribution in [0.25, 0.3) is 0 Å². The van der Waals surface area contributed by atoms with E-state index < -0.39 is 10.1 Å². The second kappa shape index (κ2) is 7.87. The fraction of sp³-hybridized carbons (Fsp3) is 0.118. The predicted octanol–water partition coefficient (Wildman–Crippen LogP) is 3.66. The van der Waals surface area contributed by atoms with Gasteiger partial charge in [-0.15, -0.1) is 0 Å². The van der Waals surface area contributed by atoms with Gasteiger partial charge in [0, 0.05) is 11.4 Å². The number of aryl methyl sites for hydroxylation is 1. The SMILES string of the molecule is COS(=O)(=O)c1cc(Nc2nc(Cl)nc(Nc3ccccc3)n2)ccc1C. The Labute approximate surface area is 161 Å². The van der Waals surface area contributed by atoms with Gasteiger partial charge in [0.1, 0.15) is 0 Å². The standard InChI is InChI=1S/C17H16ClN5O3S/c1-11-8-9-13(10-14(11)27(24,25)26-2)20-17-22-15(18)21-16(23-17)19-12-6-4-3-5-7-12/h3-10H,1-2H3,(H2,19,20,21,22,23). The third-order valence-corrected chi connectivity index (χ3v) is 5.16. The first kappa shape index (κ1) is 19.0. The molecule has 8 nitrogen and oxygen atoms in total. The van der Waals surface area contributed by atoms with Crippen LogP contribution in [0, 0.1) is 6.92 Å². The lowest BCUT2D eigenvalue weighted by Gasteiger charge is -2.11. The third-order valence-electron chi connectivity index (χ3n) is 3.57.